The van der Waals surface area contributed by atoms with Crippen LogP contribution in [0.5, 0.6) is 0 Å². The molecule has 20 heavy (non-hydrogen) atoms. The quantitative estimate of drug-likeness (QED) is 0.379. The van der Waals surface area contributed by atoms with E-state index in [0.717, 1.165) is 5.56 Å². The Bertz CT molecular complexity index is 627. The van der Waals surface area contributed by atoms with Crippen LogP contribution in [0.2, 0.25) is 5.02 Å². The monoisotopic (exact) mass is 289 g/mol. The van der Waals surface area contributed by atoms with Gasteiger partial charge in [-0.2, -0.15) is 0 Å². The van der Waals surface area contributed by atoms with Gasteiger partial charge in [0.1, 0.15) is 0 Å². The van der Waals surface area contributed by atoms with Gasteiger partial charge in [-0.25, -0.2) is 4.79 Å². The number of halogens is 1. The molecule has 2 aromatic carbocycles. The van der Waals surface area contributed by atoms with Crippen molar-refractivity contribution in [3.8, 4) is 0 Å². The van der Waals surface area contributed by atoms with E-state index in [1.165, 1.54) is 0 Å². The lowest BCUT2D eigenvalue weighted by Crippen LogP contribution is -2.75. The normalized spacial score (nSPS) is 11.2. The highest BCUT2D eigenvalue weighted by Gasteiger charge is 2.11. The molecule has 0 aliphatic carbocycles. The Kier molecular flexibility index (Phi) is 4.74. The van der Waals surface area contributed by atoms with Crippen LogP contribution in [0.3, 0.4) is 0 Å². The van der Waals surface area contributed by atoms with Crippen LogP contribution in [-0.2, 0) is 16.1 Å². The average Bonchev–Trinajstić information content (AvgIpc) is 2.46. The molecule has 0 unspecified atom stereocenters. The van der Waals surface area contributed by atoms with Crippen LogP contribution in [0.4, 0.5) is 0 Å². The number of hydrogen-bond donors (Lipinski definition) is 2. The molecule has 5 heteroatoms. The van der Waals surface area contributed by atoms with Gasteiger partial charge in [0.15, 0.2) is 0 Å². The van der Waals surface area contributed by atoms with E-state index >= 15 is 0 Å². The number of amidine groups is 1. The van der Waals surface area contributed by atoms with Crippen LogP contribution in [0.1, 0.15) is 11.1 Å². The van der Waals surface area contributed by atoms with E-state index in [1.54, 1.807) is 24.3 Å². The fourth-order valence-electron chi connectivity index (χ4n) is 1.65. The first-order chi connectivity index (χ1) is 9.66. The Morgan fingerprint density at radius 3 is 2.45 bits per heavy atom. The minimum atomic E-state index is -0.425. The molecule has 3 N–H and O–H groups in total. The highest BCUT2D eigenvalue weighted by atomic mass is 35.5. The highest BCUT2D eigenvalue weighted by molar-refractivity contribution is 6.33. The van der Waals surface area contributed by atoms with E-state index in [1.807, 2.05) is 30.3 Å². The summed E-state index contributed by atoms with van der Waals surface area (Å²) in [5.41, 5.74) is 7.24. The minimum absolute atomic E-state index is 0.170. The Morgan fingerprint density at radius 2 is 1.75 bits per heavy atom. The first-order valence-electron chi connectivity index (χ1n) is 6.04. The maximum atomic E-state index is 11.6. The fraction of sp³-hybridized carbons (Fsp3) is 0.0667. The van der Waals surface area contributed by atoms with Gasteiger partial charge < -0.3 is 0 Å². The molecule has 0 fully saturated rings. The van der Waals surface area contributed by atoms with Crippen LogP contribution < -0.4 is 10.9 Å². The summed E-state index contributed by atoms with van der Waals surface area (Å²) in [5, 5.41) is 2.90. The van der Waals surface area contributed by atoms with Crippen molar-refractivity contribution in [3.05, 3.63) is 70.7 Å². The van der Waals surface area contributed by atoms with Crippen molar-refractivity contribution >= 4 is 23.4 Å². The number of hydrogen-bond acceptors (Lipinski definition) is 2. The number of nitrogens with two attached hydrogens (primary N) is 1. The van der Waals surface area contributed by atoms with Gasteiger partial charge in [-0.3, -0.25) is 10.6 Å². The minimum Gasteiger partial charge on any atom is -0.284 e. The predicted octanol–water partition coefficient (Wildman–Crippen LogP) is 0.827. The molecule has 2 aromatic rings. The molecule has 0 saturated heterocycles. The van der Waals surface area contributed by atoms with E-state index in [-0.39, 0.29) is 12.3 Å². The fourth-order valence-corrected chi connectivity index (χ4v) is 1.88. The molecule has 0 heterocycles. The van der Waals surface area contributed by atoms with E-state index in [2.05, 4.69) is 5.16 Å². The molecule has 0 aromatic heterocycles. The Morgan fingerprint density at radius 1 is 1.10 bits per heavy atom. The first-order valence-corrected chi connectivity index (χ1v) is 6.41. The molecule has 0 spiro atoms. The zero-order chi connectivity index (χ0) is 14.4. The van der Waals surface area contributed by atoms with Gasteiger partial charge in [0.2, 0.25) is 0 Å². The summed E-state index contributed by atoms with van der Waals surface area (Å²) >= 11 is 5.98. The number of rotatable bonds is 4. The topological polar surface area (TPSA) is 66.3 Å². The molecule has 102 valence electrons. The van der Waals surface area contributed by atoms with Crippen molar-refractivity contribution in [2.45, 2.75) is 6.42 Å². The first kappa shape index (κ1) is 14.1. The van der Waals surface area contributed by atoms with Crippen molar-refractivity contribution in [1.82, 2.24) is 0 Å². The van der Waals surface area contributed by atoms with Crippen LogP contribution in [-0.4, -0.2) is 11.8 Å². The second-order valence-electron chi connectivity index (χ2n) is 4.13. The predicted molar refractivity (Wildman–Crippen MR) is 76.9 cm³/mol. The third-order valence-electron chi connectivity index (χ3n) is 2.63. The van der Waals surface area contributed by atoms with Gasteiger partial charge in [-0.1, -0.05) is 59.2 Å². The molecule has 0 bridgehead atoms. The Balaban J connectivity index is 1.99. The summed E-state index contributed by atoms with van der Waals surface area (Å²) < 4.78 is 0. The second kappa shape index (κ2) is 6.73. The van der Waals surface area contributed by atoms with Gasteiger partial charge in [0.05, 0.1) is 17.0 Å². The van der Waals surface area contributed by atoms with Crippen molar-refractivity contribution < 1.29 is 14.8 Å². The summed E-state index contributed by atoms with van der Waals surface area (Å²) in [4.78, 5) is 16.6. The van der Waals surface area contributed by atoms with E-state index in [0.29, 0.717) is 10.6 Å². The van der Waals surface area contributed by atoms with Crippen molar-refractivity contribution in [1.29, 1.82) is 0 Å². The molecule has 0 saturated carbocycles. The number of nitrogen functional groups attached to an aromatic ring is 1. The zero-order valence-corrected chi connectivity index (χ0v) is 11.4. The van der Waals surface area contributed by atoms with Gasteiger partial charge in [-0.05, 0) is 17.7 Å². The summed E-state index contributed by atoms with van der Waals surface area (Å²) in [7, 11) is 0. The number of carbonyl (C=O) groups is 1. The molecule has 0 aliphatic rings. The largest absolute Gasteiger partial charge is 0.361 e. The molecular weight excluding hydrogens is 276 g/mol. The third-order valence-corrected chi connectivity index (χ3v) is 2.96. The molecule has 2 rings (SSSR count). The summed E-state index contributed by atoms with van der Waals surface area (Å²) in [6, 6.07) is 16.3. The Labute approximate surface area is 121 Å². The summed E-state index contributed by atoms with van der Waals surface area (Å²) in [5.74, 6) is -0.233. The van der Waals surface area contributed by atoms with Crippen LogP contribution in [0, 0.1) is 0 Å². The van der Waals surface area contributed by atoms with Crippen molar-refractivity contribution in [2.75, 3.05) is 0 Å². The maximum absolute atomic E-state index is 11.6. The molecule has 0 atom stereocenters. The number of nitrogens with one attached hydrogen (secondary N) is 1. The van der Waals surface area contributed by atoms with Crippen LogP contribution in [0.25, 0.3) is 0 Å². The van der Waals surface area contributed by atoms with Crippen LogP contribution in [0.15, 0.2) is 54.6 Å². The lowest BCUT2D eigenvalue weighted by Gasteiger charge is -1.99. The van der Waals surface area contributed by atoms with Crippen molar-refractivity contribution in [3.63, 3.8) is 0 Å². The van der Waals surface area contributed by atoms with Crippen molar-refractivity contribution in [2.24, 2.45) is 5.73 Å². The Hall–Kier alpha value is -2.33. The lowest BCUT2D eigenvalue weighted by atomic mass is 10.2. The summed E-state index contributed by atoms with van der Waals surface area (Å²) in [6.45, 7) is 0. The number of benzene rings is 2. The van der Waals surface area contributed by atoms with Crippen LogP contribution >= 0.6 is 11.6 Å². The highest BCUT2D eigenvalue weighted by Crippen LogP contribution is 2.12. The van der Waals surface area contributed by atoms with Gasteiger partial charge >= 0.3 is 11.8 Å². The standard InChI is InChI=1S/C15H13ClN2O2/c16-13-9-5-4-8-12(13)15(17)18-20-14(19)10-11-6-2-1-3-7-11/h1-9H,10H2,(H2,17,18)/p+1. The average molecular weight is 290 g/mol. The molecule has 0 radical (unpaired) electrons. The maximum Gasteiger partial charge on any atom is 0.361 e. The van der Waals surface area contributed by atoms with Gasteiger partial charge in [0.25, 0.3) is 0 Å². The van der Waals surface area contributed by atoms with E-state index < -0.39 is 5.97 Å². The number of carbonyl (C=O) groups excluding carboxylic acids is 1. The molecule has 4 nitrogen and oxygen atoms in total. The lowest BCUT2D eigenvalue weighted by molar-refractivity contribution is -0.724. The zero-order valence-electron chi connectivity index (χ0n) is 10.7. The smallest absolute Gasteiger partial charge is 0.284 e. The third kappa shape index (κ3) is 3.83. The summed E-state index contributed by atoms with van der Waals surface area (Å²) in [6.07, 6.45) is 0.170. The van der Waals surface area contributed by atoms with E-state index in [9.17, 15) is 4.79 Å². The molecule has 0 aliphatic heterocycles. The van der Waals surface area contributed by atoms with Gasteiger partial charge in [-0.15, -0.1) is 0 Å². The SMILES string of the molecule is NC(=[NH+]OC(=O)Cc1ccccc1)c1ccccc1Cl. The van der Waals surface area contributed by atoms with E-state index in [4.69, 9.17) is 22.2 Å². The molecular formula is C15H14ClN2O2+. The van der Waals surface area contributed by atoms with Gasteiger partial charge in [0, 0.05) is 0 Å². The molecule has 0 amide bonds. The second-order valence-corrected chi connectivity index (χ2v) is 4.54.